The van der Waals surface area contributed by atoms with Crippen molar-refractivity contribution in [3.05, 3.63) is 46.0 Å². The monoisotopic (exact) mass is 1140 g/mol. The number of aromatic amines is 2. The topological polar surface area (TPSA) is 574 Å². The predicted molar refractivity (Wildman–Crippen MR) is 230 cm³/mol. The first kappa shape index (κ1) is 54.6. The quantitative estimate of drug-likeness (QED) is 0.0269. The smallest absolute Gasteiger partial charge is 0.313 e. The normalized spacial score (nSPS) is 30.5. The van der Waals surface area contributed by atoms with Crippen molar-refractivity contribution in [2.24, 2.45) is 7.05 Å². The predicted octanol–water partition coefficient (Wildman–Crippen LogP) is -7.24. The number of anilines is 3. The number of aromatic nitrogens is 12. The molecule has 75 heavy (non-hydrogen) atoms. The molecule has 9 heterocycles. The highest BCUT2D eigenvalue weighted by molar-refractivity contribution is 7.65. The van der Waals surface area contributed by atoms with Crippen LogP contribution in [0.4, 0.5) is 17.7 Å². The van der Waals surface area contributed by atoms with E-state index in [2.05, 4.69) is 57.5 Å². The van der Waals surface area contributed by atoms with Crippen molar-refractivity contribution in [1.82, 2.24) is 53.6 Å². The Morgan fingerprint density at radius 1 is 0.680 bits per heavy atom. The number of hydrogen-bond acceptors (Lipinski definition) is 33. The van der Waals surface area contributed by atoms with Crippen molar-refractivity contribution in [2.75, 3.05) is 44.1 Å². The lowest BCUT2D eigenvalue weighted by Crippen LogP contribution is -2.46. The standard InChI is InChI=1S/C32H43N15O24P4/c1-44-9-47(25-15(44)27(53)43-32(35)41-25)29-19(51)17(49)11(67-29)4-64-73(56,57)70-75(60,61)71-74(58,59)65-5-12-20(21(62-2)30(68-12)45-7-38-13-22(33)36-6-37-23(13)45)69-72(54,55)63-3-10-16(48)18(50)28(66-10)46-8-39-14-24(46)40-31(34)42-26(14)52/h6-12,16-21,28-30,48-51H,3-5H2,1-2H3,(H11-,33,34,35,36,37,40,41,42,43,52,53,54,55,56,57,58,59,60,61)/p-3/t10-,11-,12-,16?,17+,18+,19?,20?,21+,28-,29-,30-/m1/s1. The molecule has 0 radical (unpaired) electrons. The zero-order valence-electron chi connectivity index (χ0n) is 37.8. The number of H-pyrrole nitrogens is 2. The SMILES string of the molecule is CO[C@H]1C(OP(=O)([O-])OC[C@H]2O[C@@H](n3cnc4c(=O)[nH]c(N)nc43)[C@@H](O)C2O)[C@@H](COP(=O)([O-])OP(=O)([O-])OP(=O)([O-])OC[C@H]2O[C@@H]([n+]3cn(C)c4c(=O)[nH]c(N)nc43)C(O)[C@H]2O)O[C@H]1n1cnc2c(N)ncnc21. The maximum absolute atomic E-state index is 13.5. The van der Waals surface area contributed by atoms with Gasteiger partial charge in [0.2, 0.25) is 17.7 Å². The van der Waals surface area contributed by atoms with E-state index in [1.165, 1.54) is 17.9 Å². The van der Waals surface area contributed by atoms with Crippen molar-refractivity contribution in [2.45, 2.75) is 73.6 Å². The van der Waals surface area contributed by atoms with Gasteiger partial charge in [-0.05, 0) is 0 Å². The van der Waals surface area contributed by atoms with E-state index in [4.69, 9.17) is 45.2 Å². The lowest BCUT2D eigenvalue weighted by atomic mass is 10.1. The Labute approximate surface area is 414 Å². The molecule has 39 nitrogen and oxygen atoms in total. The largest absolute Gasteiger partial charge is 0.756 e. The summed E-state index contributed by atoms with van der Waals surface area (Å²) in [5.41, 5.74) is 15.1. The number of fused-ring (bicyclic) bond motifs is 3. The molecule has 3 aliphatic rings. The molecule has 16 atom stereocenters. The molecule has 7 unspecified atom stereocenters. The van der Waals surface area contributed by atoms with Crippen LogP contribution in [0.5, 0.6) is 0 Å². The highest BCUT2D eigenvalue weighted by atomic mass is 31.3. The minimum atomic E-state index is -6.59. The van der Waals surface area contributed by atoms with Crippen molar-refractivity contribution in [1.29, 1.82) is 0 Å². The summed E-state index contributed by atoms with van der Waals surface area (Å²) in [6.07, 6.45) is -16.7. The second-order valence-corrected chi connectivity index (χ2v) is 22.3. The van der Waals surface area contributed by atoms with Crippen LogP contribution >= 0.6 is 31.3 Å². The molecule has 0 aromatic carbocycles. The van der Waals surface area contributed by atoms with Gasteiger partial charge in [-0.25, -0.2) is 33.1 Å². The van der Waals surface area contributed by atoms with Crippen molar-refractivity contribution < 1.29 is 108 Å². The molecule has 0 bridgehead atoms. The van der Waals surface area contributed by atoms with Gasteiger partial charge in [-0.3, -0.25) is 51.5 Å². The number of imidazole rings is 3. The molecule has 9 rings (SSSR count). The third-order valence-electron chi connectivity index (χ3n) is 11.5. The summed E-state index contributed by atoms with van der Waals surface area (Å²) in [5.74, 6) is -0.782. The number of ether oxygens (including phenoxy) is 4. The second-order valence-electron chi connectivity index (χ2n) is 16.4. The summed E-state index contributed by atoms with van der Waals surface area (Å²) in [6.45, 7) is -3.73. The van der Waals surface area contributed by atoms with Gasteiger partial charge in [0, 0.05) is 7.11 Å². The molecular weight excluding hydrogens is 1100 g/mol. The van der Waals surface area contributed by atoms with Gasteiger partial charge in [0.1, 0.15) is 66.8 Å². The minimum Gasteiger partial charge on any atom is -0.756 e. The van der Waals surface area contributed by atoms with Crippen molar-refractivity contribution in [3.63, 3.8) is 0 Å². The van der Waals surface area contributed by atoms with Gasteiger partial charge in [-0.2, -0.15) is 4.98 Å². The number of nitrogens with zero attached hydrogens (tertiary/aromatic N) is 10. The summed E-state index contributed by atoms with van der Waals surface area (Å²) in [5, 5.41) is 43.0. The first-order valence-electron chi connectivity index (χ1n) is 21.1. The number of aliphatic hydroxyl groups excluding tert-OH is 4. The maximum atomic E-state index is 13.5. The highest BCUT2D eigenvalue weighted by Crippen LogP contribution is 2.63. The van der Waals surface area contributed by atoms with E-state index in [1.807, 2.05) is 0 Å². The molecule has 3 saturated heterocycles. The number of hydrogen-bond donors (Lipinski definition) is 9. The third-order valence-corrected chi connectivity index (χ3v) is 16.6. The Morgan fingerprint density at radius 2 is 1.24 bits per heavy atom. The van der Waals surface area contributed by atoms with Crippen LogP contribution in [0.3, 0.4) is 0 Å². The first-order valence-corrected chi connectivity index (χ1v) is 26.9. The number of aryl methyl sites for hydroxylation is 1. The Balaban J connectivity index is 0.862. The van der Waals surface area contributed by atoms with E-state index in [-0.39, 0.29) is 51.2 Å². The molecule has 12 N–H and O–H groups in total. The second kappa shape index (κ2) is 20.3. The number of phosphoric acid groups is 4. The van der Waals surface area contributed by atoms with Crippen LogP contribution in [0.25, 0.3) is 33.5 Å². The lowest BCUT2D eigenvalue weighted by Gasteiger charge is -2.35. The van der Waals surface area contributed by atoms with Crippen LogP contribution in [-0.2, 0) is 71.0 Å². The van der Waals surface area contributed by atoms with Crippen LogP contribution in [0.2, 0.25) is 0 Å². The molecule has 3 fully saturated rings. The van der Waals surface area contributed by atoms with Crippen LogP contribution < -0.4 is 52.5 Å². The van der Waals surface area contributed by atoms with Gasteiger partial charge in [0.15, 0.2) is 41.4 Å². The molecule has 0 saturated carbocycles. The van der Waals surface area contributed by atoms with Gasteiger partial charge < -0.3 is 94.2 Å². The summed E-state index contributed by atoms with van der Waals surface area (Å²) in [4.78, 5) is 105. The van der Waals surface area contributed by atoms with Gasteiger partial charge >= 0.3 is 5.65 Å². The number of nitrogens with one attached hydrogen (secondary N) is 2. The van der Waals surface area contributed by atoms with Crippen LogP contribution in [0.15, 0.2) is 34.9 Å². The van der Waals surface area contributed by atoms with Crippen LogP contribution in [0.1, 0.15) is 18.7 Å². The molecule has 43 heteroatoms. The fraction of sp³-hybridized carbons (Fsp3) is 0.531. The summed E-state index contributed by atoms with van der Waals surface area (Å²) in [6, 6.07) is 0. The van der Waals surface area contributed by atoms with Crippen LogP contribution in [-0.4, -0.2) is 156 Å². The van der Waals surface area contributed by atoms with E-state index in [9.17, 15) is 67.8 Å². The van der Waals surface area contributed by atoms with Gasteiger partial charge in [0.05, 0.1) is 39.5 Å². The number of phosphoric ester groups is 3. The van der Waals surface area contributed by atoms with Crippen molar-refractivity contribution >= 4 is 82.5 Å². The van der Waals surface area contributed by atoms with E-state index in [0.717, 1.165) is 39.8 Å². The van der Waals surface area contributed by atoms with Gasteiger partial charge in [-0.1, -0.05) is 4.98 Å². The third kappa shape index (κ3) is 10.9. The molecule has 0 amide bonds. The number of nitrogens with two attached hydrogens (primary N) is 3. The zero-order valence-corrected chi connectivity index (χ0v) is 41.4. The number of methoxy groups -OCH3 is 1. The highest BCUT2D eigenvalue weighted by Gasteiger charge is 2.51. The molecule has 6 aromatic rings. The fourth-order valence-electron chi connectivity index (χ4n) is 8.26. The van der Waals surface area contributed by atoms with Gasteiger partial charge in [-0.15, -0.1) is 0 Å². The summed E-state index contributed by atoms with van der Waals surface area (Å²) >= 11 is 0. The Bertz CT molecular complexity index is 3470. The van der Waals surface area contributed by atoms with E-state index < -0.39 is 136 Å². The zero-order chi connectivity index (χ0) is 54.3. The maximum Gasteiger partial charge on any atom is 0.313 e. The fourth-order valence-corrected chi connectivity index (χ4v) is 12.6. The minimum absolute atomic E-state index is 0.00984. The average molecular weight is 1140 g/mol. The summed E-state index contributed by atoms with van der Waals surface area (Å²) in [7, 11) is -22.4. The van der Waals surface area contributed by atoms with E-state index >= 15 is 0 Å². The van der Waals surface area contributed by atoms with E-state index in [1.54, 1.807) is 0 Å². The molecule has 0 aliphatic carbocycles. The molecule has 6 aromatic heterocycles. The number of nitrogen functional groups attached to an aromatic ring is 3. The average Bonchev–Trinajstić information content (AvgIpc) is 4.17. The summed E-state index contributed by atoms with van der Waals surface area (Å²) < 4.78 is 106. The lowest BCUT2D eigenvalue weighted by molar-refractivity contribution is -0.745. The van der Waals surface area contributed by atoms with Crippen LogP contribution in [0, 0.1) is 0 Å². The molecule has 0 spiro atoms. The first-order chi connectivity index (χ1) is 35.2. The molecular formula is C32H40N15O24P4-3. The Hall–Kier alpha value is -5.15. The van der Waals surface area contributed by atoms with Gasteiger partial charge in [0.25, 0.3) is 48.4 Å². The number of aliphatic hydroxyl groups is 4. The molecule has 3 aliphatic heterocycles. The Kier molecular flexibility index (Phi) is 14.8. The molecule has 410 valence electrons. The Morgan fingerprint density at radius 3 is 1.91 bits per heavy atom. The number of rotatable bonds is 19. The van der Waals surface area contributed by atoms with Crippen molar-refractivity contribution in [3.8, 4) is 0 Å². The van der Waals surface area contributed by atoms with E-state index in [0.29, 0.717) is 0 Å².